The Hall–Kier alpha value is -1.26. The van der Waals surface area contributed by atoms with Gasteiger partial charge in [0.2, 0.25) is 0 Å². The van der Waals surface area contributed by atoms with Crippen LogP contribution in [0.3, 0.4) is 0 Å². The fraction of sp³-hybridized carbons (Fsp3) is 0.600. The molecule has 0 aliphatic carbocycles. The highest BCUT2D eigenvalue weighted by Crippen LogP contribution is 2.32. The summed E-state index contributed by atoms with van der Waals surface area (Å²) in [5.74, 6) is 0.143. The Morgan fingerprint density at radius 1 is 1.42 bits per heavy atom. The Bertz CT molecular complexity index is 457. The second-order valence-corrected chi connectivity index (χ2v) is 5.99. The molecule has 1 fully saturated rings. The molecule has 1 aromatic carbocycles. The number of phenols is 1. The highest BCUT2D eigenvalue weighted by molar-refractivity contribution is 5.54. The second kappa shape index (κ2) is 5.02. The van der Waals surface area contributed by atoms with Gasteiger partial charge in [-0.15, -0.1) is 0 Å². The maximum absolute atomic E-state index is 9.97. The third-order valence-electron chi connectivity index (χ3n) is 3.40. The van der Waals surface area contributed by atoms with E-state index in [0.717, 1.165) is 18.8 Å². The van der Waals surface area contributed by atoms with Crippen molar-refractivity contribution >= 4 is 5.69 Å². The molecule has 0 bridgehead atoms. The highest BCUT2D eigenvalue weighted by atomic mass is 16.5. The molecule has 19 heavy (non-hydrogen) atoms. The quantitative estimate of drug-likeness (QED) is 0.862. The summed E-state index contributed by atoms with van der Waals surface area (Å²) in [5, 5.41) is 19.5. The number of hydrogen-bond acceptors (Lipinski definition) is 4. The van der Waals surface area contributed by atoms with Gasteiger partial charge in [-0.1, -0.05) is 6.07 Å². The van der Waals surface area contributed by atoms with Crippen LogP contribution in [-0.4, -0.2) is 35.0 Å². The Morgan fingerprint density at radius 3 is 2.63 bits per heavy atom. The number of rotatable bonds is 2. The first-order chi connectivity index (χ1) is 8.78. The Balaban J connectivity index is 2.24. The van der Waals surface area contributed by atoms with E-state index in [1.165, 1.54) is 0 Å². The van der Waals surface area contributed by atoms with Gasteiger partial charge in [0.15, 0.2) is 0 Å². The first kappa shape index (κ1) is 14.2. The fourth-order valence-corrected chi connectivity index (χ4v) is 2.73. The molecule has 1 heterocycles. The lowest BCUT2D eigenvalue weighted by Gasteiger charge is -2.43. The zero-order valence-corrected chi connectivity index (χ0v) is 12.1. The Labute approximate surface area is 114 Å². The van der Waals surface area contributed by atoms with E-state index in [9.17, 15) is 10.2 Å². The number of aromatic hydroxyl groups is 1. The molecule has 0 saturated carbocycles. The predicted octanol–water partition coefficient (Wildman–Crippen LogP) is 2.45. The summed E-state index contributed by atoms with van der Waals surface area (Å²) in [7, 11) is 0. The van der Waals surface area contributed by atoms with Crippen LogP contribution in [0.15, 0.2) is 18.2 Å². The molecule has 4 heteroatoms. The molecule has 0 spiro atoms. The third kappa shape index (κ3) is 3.19. The molecule has 106 valence electrons. The number of morpholine rings is 1. The molecule has 1 aliphatic rings. The standard InChI is InChI=1S/C15H23NO3/c1-10-8-16(9-15(3,4)19-10)12-5-6-13(11(2)17)14(18)7-12/h5-7,10-11,17-18H,8-9H2,1-4H3. The van der Waals surface area contributed by atoms with Gasteiger partial charge in [-0.2, -0.15) is 0 Å². The third-order valence-corrected chi connectivity index (χ3v) is 3.40. The monoisotopic (exact) mass is 265 g/mol. The van der Waals surface area contributed by atoms with Crippen molar-refractivity contribution in [2.24, 2.45) is 0 Å². The van der Waals surface area contributed by atoms with E-state index in [-0.39, 0.29) is 17.5 Å². The van der Waals surface area contributed by atoms with Crippen molar-refractivity contribution < 1.29 is 14.9 Å². The van der Waals surface area contributed by atoms with E-state index >= 15 is 0 Å². The fourth-order valence-electron chi connectivity index (χ4n) is 2.73. The lowest BCUT2D eigenvalue weighted by atomic mass is 10.0. The minimum Gasteiger partial charge on any atom is -0.507 e. The average molecular weight is 265 g/mol. The Morgan fingerprint density at radius 2 is 2.11 bits per heavy atom. The number of anilines is 1. The molecular formula is C15H23NO3. The van der Waals surface area contributed by atoms with Crippen molar-refractivity contribution in [3.05, 3.63) is 23.8 Å². The SMILES string of the molecule is CC1CN(c2ccc(C(C)O)c(O)c2)CC(C)(C)O1. The summed E-state index contributed by atoms with van der Waals surface area (Å²) in [5.41, 5.74) is 1.32. The highest BCUT2D eigenvalue weighted by Gasteiger charge is 2.31. The summed E-state index contributed by atoms with van der Waals surface area (Å²) < 4.78 is 5.87. The molecule has 0 amide bonds. The van der Waals surface area contributed by atoms with E-state index in [2.05, 4.69) is 25.7 Å². The lowest BCUT2D eigenvalue weighted by Crippen LogP contribution is -2.52. The van der Waals surface area contributed by atoms with Crippen LogP contribution in [0.1, 0.15) is 39.4 Å². The maximum Gasteiger partial charge on any atom is 0.123 e. The summed E-state index contributed by atoms with van der Waals surface area (Å²) in [6.07, 6.45) is -0.503. The number of aliphatic hydroxyl groups is 1. The van der Waals surface area contributed by atoms with Crippen LogP contribution in [-0.2, 0) is 4.74 Å². The summed E-state index contributed by atoms with van der Waals surface area (Å²) >= 11 is 0. The molecule has 2 N–H and O–H groups in total. The minimum atomic E-state index is -0.658. The number of hydrogen-bond donors (Lipinski definition) is 2. The van der Waals surface area contributed by atoms with E-state index < -0.39 is 6.10 Å². The largest absolute Gasteiger partial charge is 0.507 e. The number of benzene rings is 1. The molecule has 1 saturated heterocycles. The van der Waals surface area contributed by atoms with E-state index in [0.29, 0.717) is 5.56 Å². The lowest BCUT2D eigenvalue weighted by molar-refractivity contribution is -0.0749. The molecule has 2 rings (SSSR count). The molecule has 0 aromatic heterocycles. The van der Waals surface area contributed by atoms with Gasteiger partial charge in [0.25, 0.3) is 0 Å². The van der Waals surface area contributed by atoms with Crippen molar-refractivity contribution in [2.45, 2.75) is 45.5 Å². The summed E-state index contributed by atoms with van der Waals surface area (Å²) in [6.45, 7) is 9.42. The predicted molar refractivity (Wildman–Crippen MR) is 75.6 cm³/mol. The van der Waals surface area contributed by atoms with Gasteiger partial charge in [0, 0.05) is 30.4 Å². The number of aliphatic hydroxyl groups excluding tert-OH is 1. The van der Waals surface area contributed by atoms with Crippen LogP contribution < -0.4 is 4.90 Å². The van der Waals surface area contributed by atoms with Gasteiger partial charge in [0.05, 0.1) is 17.8 Å². The van der Waals surface area contributed by atoms with Crippen molar-refractivity contribution in [1.82, 2.24) is 0 Å². The van der Waals surface area contributed by atoms with E-state index in [4.69, 9.17) is 4.74 Å². The number of nitrogens with zero attached hydrogens (tertiary/aromatic N) is 1. The average Bonchev–Trinajstić information content (AvgIpc) is 2.25. The first-order valence-corrected chi connectivity index (χ1v) is 6.72. The van der Waals surface area contributed by atoms with Gasteiger partial charge in [-0.25, -0.2) is 0 Å². The van der Waals surface area contributed by atoms with Crippen LogP contribution in [0.2, 0.25) is 0 Å². The zero-order valence-electron chi connectivity index (χ0n) is 12.1. The number of ether oxygens (including phenoxy) is 1. The van der Waals surface area contributed by atoms with E-state index in [1.54, 1.807) is 19.1 Å². The van der Waals surface area contributed by atoms with Crippen LogP contribution in [0, 0.1) is 0 Å². The van der Waals surface area contributed by atoms with Crippen molar-refractivity contribution in [3.63, 3.8) is 0 Å². The van der Waals surface area contributed by atoms with Crippen LogP contribution >= 0.6 is 0 Å². The van der Waals surface area contributed by atoms with Gasteiger partial charge in [-0.3, -0.25) is 0 Å². The minimum absolute atomic E-state index is 0.143. The molecule has 2 atom stereocenters. The Kier molecular flexibility index (Phi) is 3.74. The smallest absolute Gasteiger partial charge is 0.123 e. The molecule has 0 radical (unpaired) electrons. The summed E-state index contributed by atoms with van der Waals surface area (Å²) in [6, 6.07) is 5.44. The van der Waals surface area contributed by atoms with Gasteiger partial charge >= 0.3 is 0 Å². The molecule has 4 nitrogen and oxygen atoms in total. The molecule has 1 aromatic rings. The van der Waals surface area contributed by atoms with Crippen LogP contribution in [0.5, 0.6) is 5.75 Å². The second-order valence-electron chi connectivity index (χ2n) is 5.99. The van der Waals surface area contributed by atoms with Crippen LogP contribution in [0.25, 0.3) is 0 Å². The zero-order chi connectivity index (χ0) is 14.2. The molecular weight excluding hydrogens is 242 g/mol. The van der Waals surface area contributed by atoms with Crippen molar-refractivity contribution in [3.8, 4) is 5.75 Å². The van der Waals surface area contributed by atoms with Crippen LogP contribution in [0.4, 0.5) is 5.69 Å². The first-order valence-electron chi connectivity index (χ1n) is 6.72. The normalized spacial score (nSPS) is 24.3. The molecule has 1 aliphatic heterocycles. The summed E-state index contributed by atoms with van der Waals surface area (Å²) in [4.78, 5) is 2.21. The molecule has 2 unspecified atom stereocenters. The topological polar surface area (TPSA) is 52.9 Å². The maximum atomic E-state index is 9.97. The van der Waals surface area contributed by atoms with Gasteiger partial charge in [0.1, 0.15) is 5.75 Å². The van der Waals surface area contributed by atoms with Gasteiger partial charge < -0.3 is 19.8 Å². The van der Waals surface area contributed by atoms with Crippen molar-refractivity contribution in [2.75, 3.05) is 18.0 Å². The van der Waals surface area contributed by atoms with Gasteiger partial charge in [-0.05, 0) is 33.8 Å². The number of phenolic OH excluding ortho intramolecular Hbond substituents is 1. The van der Waals surface area contributed by atoms with Crippen molar-refractivity contribution in [1.29, 1.82) is 0 Å². The van der Waals surface area contributed by atoms with E-state index in [1.807, 2.05) is 6.07 Å².